The van der Waals surface area contributed by atoms with Crippen LogP contribution in [0, 0.1) is 11.8 Å². The highest BCUT2D eigenvalue weighted by molar-refractivity contribution is 5.53. The van der Waals surface area contributed by atoms with E-state index >= 15 is 0 Å². The van der Waals surface area contributed by atoms with Crippen molar-refractivity contribution in [2.75, 3.05) is 7.11 Å². The van der Waals surface area contributed by atoms with E-state index < -0.39 is 5.60 Å². The monoisotopic (exact) mass is 202 g/mol. The summed E-state index contributed by atoms with van der Waals surface area (Å²) in [5.74, 6) is 5.95. The number of carbonyl (C=O) groups excluding carboxylic acids is 1. The topological polar surface area (TPSA) is 26.3 Å². The zero-order valence-electron chi connectivity index (χ0n) is 8.99. The molecule has 1 aromatic rings. The van der Waals surface area contributed by atoms with E-state index in [0.717, 1.165) is 11.8 Å². The van der Waals surface area contributed by atoms with Gasteiger partial charge in [0.25, 0.3) is 0 Å². The molecule has 78 valence electrons. The van der Waals surface area contributed by atoms with E-state index in [2.05, 4.69) is 11.8 Å². The zero-order valence-corrected chi connectivity index (χ0v) is 8.99. The predicted octanol–water partition coefficient (Wildman–Crippen LogP) is 2.03. The van der Waals surface area contributed by atoms with Gasteiger partial charge in [-0.05, 0) is 19.1 Å². The minimum atomic E-state index is -0.683. The average Bonchev–Trinajstić information content (AvgIpc) is 2.28. The van der Waals surface area contributed by atoms with Crippen LogP contribution in [0.2, 0.25) is 0 Å². The van der Waals surface area contributed by atoms with Gasteiger partial charge in [-0.25, -0.2) is 0 Å². The maximum atomic E-state index is 10.4. The quantitative estimate of drug-likeness (QED) is 0.553. The van der Waals surface area contributed by atoms with Gasteiger partial charge in [-0.15, -0.1) is 0 Å². The summed E-state index contributed by atoms with van der Waals surface area (Å²) in [5, 5.41) is 0. The third-order valence-electron chi connectivity index (χ3n) is 2.17. The Hall–Kier alpha value is -1.59. The molecule has 2 heteroatoms. The Morgan fingerprint density at radius 1 is 1.40 bits per heavy atom. The Balaban J connectivity index is 2.83. The zero-order chi connectivity index (χ0) is 11.1. The first kappa shape index (κ1) is 11.5. The Labute approximate surface area is 90.3 Å². The van der Waals surface area contributed by atoms with Crippen LogP contribution in [0.25, 0.3) is 0 Å². The number of methoxy groups -OCH3 is 1. The molecule has 0 radical (unpaired) electrons. The van der Waals surface area contributed by atoms with Crippen molar-refractivity contribution < 1.29 is 9.53 Å². The summed E-state index contributed by atoms with van der Waals surface area (Å²) in [4.78, 5) is 10.4. The lowest BCUT2D eigenvalue weighted by Crippen LogP contribution is -2.25. The SMILES string of the molecule is CO[C@](C)(C#Cc1ccccc1)CC=O. The highest BCUT2D eigenvalue weighted by atomic mass is 16.5. The minimum absolute atomic E-state index is 0.281. The number of hydrogen-bond donors (Lipinski definition) is 0. The van der Waals surface area contributed by atoms with Crippen LogP contribution in [-0.4, -0.2) is 19.0 Å². The third-order valence-corrected chi connectivity index (χ3v) is 2.17. The maximum Gasteiger partial charge on any atom is 0.132 e. The van der Waals surface area contributed by atoms with Gasteiger partial charge in [0.1, 0.15) is 11.9 Å². The van der Waals surface area contributed by atoms with Crippen LogP contribution in [0.5, 0.6) is 0 Å². The Morgan fingerprint density at radius 2 is 2.07 bits per heavy atom. The highest BCUT2D eigenvalue weighted by Gasteiger charge is 2.19. The lowest BCUT2D eigenvalue weighted by Gasteiger charge is -2.18. The molecule has 0 aromatic heterocycles. The highest BCUT2D eigenvalue weighted by Crippen LogP contribution is 2.11. The van der Waals surface area contributed by atoms with Crippen molar-refractivity contribution in [1.82, 2.24) is 0 Å². The molecular weight excluding hydrogens is 188 g/mol. The van der Waals surface area contributed by atoms with E-state index in [1.165, 1.54) is 0 Å². The summed E-state index contributed by atoms with van der Waals surface area (Å²) >= 11 is 0. The predicted molar refractivity (Wildman–Crippen MR) is 59.4 cm³/mol. The van der Waals surface area contributed by atoms with Gasteiger partial charge in [0.15, 0.2) is 0 Å². The Kier molecular flexibility index (Phi) is 4.08. The van der Waals surface area contributed by atoms with Crippen molar-refractivity contribution in [3.63, 3.8) is 0 Å². The summed E-state index contributed by atoms with van der Waals surface area (Å²) in [5.41, 5.74) is 0.240. The average molecular weight is 202 g/mol. The normalized spacial score (nSPS) is 13.5. The molecule has 0 aliphatic rings. The first-order chi connectivity index (χ1) is 7.20. The summed E-state index contributed by atoms with van der Waals surface area (Å²) in [6.45, 7) is 1.80. The summed E-state index contributed by atoms with van der Waals surface area (Å²) in [7, 11) is 1.56. The number of aldehydes is 1. The second-order valence-corrected chi connectivity index (χ2v) is 3.42. The van der Waals surface area contributed by atoms with Crippen molar-refractivity contribution in [2.45, 2.75) is 18.9 Å². The number of ether oxygens (including phenoxy) is 1. The fourth-order valence-electron chi connectivity index (χ4n) is 1.07. The van der Waals surface area contributed by atoms with Crippen LogP contribution in [0.1, 0.15) is 18.9 Å². The van der Waals surface area contributed by atoms with E-state index in [1.54, 1.807) is 14.0 Å². The fourth-order valence-corrected chi connectivity index (χ4v) is 1.07. The van der Waals surface area contributed by atoms with Gasteiger partial charge >= 0.3 is 0 Å². The molecule has 0 N–H and O–H groups in total. The minimum Gasteiger partial charge on any atom is -0.365 e. The van der Waals surface area contributed by atoms with Gasteiger partial charge < -0.3 is 9.53 Å². The van der Waals surface area contributed by atoms with Crippen LogP contribution < -0.4 is 0 Å². The van der Waals surface area contributed by atoms with E-state index in [1.807, 2.05) is 30.3 Å². The van der Waals surface area contributed by atoms with Crippen molar-refractivity contribution in [3.05, 3.63) is 35.9 Å². The molecule has 0 amide bonds. The fraction of sp³-hybridized carbons (Fsp3) is 0.308. The Bertz CT molecular complexity index is 373. The molecule has 2 nitrogen and oxygen atoms in total. The van der Waals surface area contributed by atoms with Gasteiger partial charge in [0.05, 0.1) is 0 Å². The van der Waals surface area contributed by atoms with Crippen LogP contribution in [0.4, 0.5) is 0 Å². The lowest BCUT2D eigenvalue weighted by atomic mass is 10.0. The molecule has 0 fully saturated rings. The molecule has 0 aliphatic heterocycles. The molecule has 1 aromatic carbocycles. The van der Waals surface area contributed by atoms with Gasteiger partial charge in [0, 0.05) is 19.1 Å². The van der Waals surface area contributed by atoms with Crippen molar-refractivity contribution in [2.24, 2.45) is 0 Å². The molecule has 0 saturated carbocycles. The van der Waals surface area contributed by atoms with E-state index in [9.17, 15) is 4.79 Å². The second-order valence-electron chi connectivity index (χ2n) is 3.42. The van der Waals surface area contributed by atoms with Crippen LogP contribution in [0.15, 0.2) is 30.3 Å². The van der Waals surface area contributed by atoms with E-state index in [4.69, 9.17) is 4.74 Å². The van der Waals surface area contributed by atoms with Crippen LogP contribution >= 0.6 is 0 Å². The summed E-state index contributed by atoms with van der Waals surface area (Å²) in [6, 6.07) is 9.63. The van der Waals surface area contributed by atoms with E-state index in [0.29, 0.717) is 0 Å². The van der Waals surface area contributed by atoms with Gasteiger partial charge in [-0.3, -0.25) is 0 Å². The molecular formula is C13H14O2. The number of benzene rings is 1. The summed E-state index contributed by atoms with van der Waals surface area (Å²) < 4.78 is 5.20. The number of carbonyl (C=O) groups is 1. The molecule has 1 rings (SSSR count). The molecule has 0 spiro atoms. The largest absolute Gasteiger partial charge is 0.365 e. The molecule has 0 saturated heterocycles. The molecule has 0 heterocycles. The lowest BCUT2D eigenvalue weighted by molar-refractivity contribution is -0.111. The third kappa shape index (κ3) is 3.57. The van der Waals surface area contributed by atoms with Gasteiger partial charge in [-0.1, -0.05) is 30.0 Å². The standard InChI is InChI=1S/C13H14O2/c1-13(15-2,10-11-14)9-8-12-6-4-3-5-7-12/h3-7,11H,10H2,1-2H3/t13-/m1/s1. The van der Waals surface area contributed by atoms with Crippen molar-refractivity contribution >= 4 is 6.29 Å². The number of rotatable bonds is 3. The van der Waals surface area contributed by atoms with Crippen LogP contribution in [0.3, 0.4) is 0 Å². The van der Waals surface area contributed by atoms with Crippen molar-refractivity contribution in [1.29, 1.82) is 0 Å². The molecule has 0 bridgehead atoms. The molecule has 0 aliphatic carbocycles. The smallest absolute Gasteiger partial charge is 0.132 e. The first-order valence-corrected chi connectivity index (χ1v) is 4.77. The Morgan fingerprint density at radius 3 is 2.60 bits per heavy atom. The van der Waals surface area contributed by atoms with Gasteiger partial charge in [0.2, 0.25) is 0 Å². The molecule has 1 atom stereocenters. The van der Waals surface area contributed by atoms with E-state index in [-0.39, 0.29) is 6.42 Å². The molecule has 0 unspecified atom stereocenters. The first-order valence-electron chi connectivity index (χ1n) is 4.77. The molecule has 15 heavy (non-hydrogen) atoms. The van der Waals surface area contributed by atoms with Gasteiger partial charge in [-0.2, -0.15) is 0 Å². The second kappa shape index (κ2) is 5.33. The maximum absolute atomic E-state index is 10.4. The van der Waals surface area contributed by atoms with Crippen molar-refractivity contribution in [3.8, 4) is 11.8 Å². The van der Waals surface area contributed by atoms with Crippen LogP contribution in [-0.2, 0) is 9.53 Å². The number of hydrogen-bond acceptors (Lipinski definition) is 2. The summed E-state index contributed by atoms with van der Waals surface area (Å²) in [6.07, 6.45) is 1.10.